The van der Waals surface area contributed by atoms with E-state index >= 15 is 0 Å². The van der Waals surface area contributed by atoms with Gasteiger partial charge in [0.1, 0.15) is 0 Å². The summed E-state index contributed by atoms with van der Waals surface area (Å²) in [5.41, 5.74) is 2.40. The Kier molecular flexibility index (Phi) is 5.86. The predicted octanol–water partition coefficient (Wildman–Crippen LogP) is 3.94. The largest absolute Gasteiger partial charge is 0.314 e. The third kappa shape index (κ3) is 4.57. The fourth-order valence-electron chi connectivity index (χ4n) is 3.85. The minimum absolute atomic E-state index is 0.717. The molecule has 3 heteroatoms. The fraction of sp³-hybridized carbons (Fsp3) is 0.833. The molecule has 1 aromatic heterocycles. The highest BCUT2D eigenvalue weighted by Gasteiger charge is 2.29. The van der Waals surface area contributed by atoms with Gasteiger partial charge in [-0.25, -0.2) is 0 Å². The molecule has 1 aliphatic carbocycles. The smallest absolute Gasteiger partial charge is 0.0596 e. The van der Waals surface area contributed by atoms with E-state index in [9.17, 15) is 0 Å². The van der Waals surface area contributed by atoms with Crippen LogP contribution in [0.1, 0.15) is 57.8 Å². The highest BCUT2D eigenvalue weighted by molar-refractivity contribution is 5.06. The Labute approximate surface area is 130 Å². The van der Waals surface area contributed by atoms with Crippen molar-refractivity contribution in [2.24, 2.45) is 17.8 Å². The molecule has 3 unspecified atom stereocenters. The first-order valence-electron chi connectivity index (χ1n) is 8.71. The first-order chi connectivity index (χ1) is 9.97. The van der Waals surface area contributed by atoms with Crippen molar-refractivity contribution in [2.75, 3.05) is 6.54 Å². The van der Waals surface area contributed by atoms with Crippen LogP contribution in [-0.2, 0) is 6.54 Å². The molecule has 2 rings (SSSR count). The van der Waals surface area contributed by atoms with Gasteiger partial charge in [-0.2, -0.15) is 5.10 Å². The Balaban J connectivity index is 1.77. The summed E-state index contributed by atoms with van der Waals surface area (Å²) in [5, 5.41) is 8.38. The number of nitrogens with zero attached hydrogens (tertiary/aromatic N) is 2. The van der Waals surface area contributed by atoms with Crippen LogP contribution in [0.5, 0.6) is 0 Å². The molecule has 0 bridgehead atoms. The summed E-state index contributed by atoms with van der Waals surface area (Å²) in [6.07, 6.45) is 5.32. The van der Waals surface area contributed by atoms with Crippen LogP contribution in [0.4, 0.5) is 0 Å². The molecule has 120 valence electrons. The van der Waals surface area contributed by atoms with Crippen LogP contribution < -0.4 is 5.32 Å². The Morgan fingerprint density at radius 1 is 1.33 bits per heavy atom. The lowest BCUT2D eigenvalue weighted by Crippen LogP contribution is -2.43. The Hall–Kier alpha value is -0.830. The normalized spacial score (nSPS) is 26.5. The number of aromatic nitrogens is 2. The van der Waals surface area contributed by atoms with Crippen LogP contribution in [0, 0.1) is 31.6 Å². The van der Waals surface area contributed by atoms with Gasteiger partial charge in [-0.1, -0.05) is 27.2 Å². The van der Waals surface area contributed by atoms with E-state index < -0.39 is 0 Å². The van der Waals surface area contributed by atoms with Crippen molar-refractivity contribution in [3.8, 4) is 0 Å². The predicted molar refractivity (Wildman–Crippen MR) is 89.5 cm³/mol. The molecule has 0 aliphatic heterocycles. The number of rotatable bonds is 6. The lowest BCUT2D eigenvalue weighted by Gasteiger charge is -2.38. The van der Waals surface area contributed by atoms with E-state index in [0.29, 0.717) is 6.04 Å². The molecule has 3 atom stereocenters. The van der Waals surface area contributed by atoms with Crippen molar-refractivity contribution in [1.82, 2.24) is 15.1 Å². The van der Waals surface area contributed by atoms with E-state index in [2.05, 4.69) is 55.8 Å². The third-order valence-electron chi connectivity index (χ3n) is 5.08. The number of nitrogens with one attached hydrogen (secondary N) is 1. The maximum Gasteiger partial charge on any atom is 0.0596 e. The van der Waals surface area contributed by atoms with Gasteiger partial charge in [-0.15, -0.1) is 0 Å². The summed E-state index contributed by atoms with van der Waals surface area (Å²) in [4.78, 5) is 0. The minimum atomic E-state index is 0.717. The SMILES string of the molecule is Cc1cc(C)n(CCCNC2CC(C)CCC2C(C)C)n1. The van der Waals surface area contributed by atoms with E-state index in [-0.39, 0.29) is 0 Å². The summed E-state index contributed by atoms with van der Waals surface area (Å²) < 4.78 is 2.14. The van der Waals surface area contributed by atoms with Crippen molar-refractivity contribution in [3.63, 3.8) is 0 Å². The lowest BCUT2D eigenvalue weighted by molar-refractivity contribution is 0.169. The maximum absolute atomic E-state index is 4.54. The minimum Gasteiger partial charge on any atom is -0.314 e. The van der Waals surface area contributed by atoms with Crippen LogP contribution in [0.15, 0.2) is 6.07 Å². The van der Waals surface area contributed by atoms with E-state index in [0.717, 1.165) is 43.0 Å². The molecule has 1 heterocycles. The van der Waals surface area contributed by atoms with E-state index in [1.165, 1.54) is 25.0 Å². The van der Waals surface area contributed by atoms with Gasteiger partial charge in [-0.3, -0.25) is 4.68 Å². The molecular formula is C18H33N3. The molecule has 1 saturated carbocycles. The summed E-state index contributed by atoms with van der Waals surface area (Å²) in [7, 11) is 0. The van der Waals surface area contributed by atoms with Crippen LogP contribution in [-0.4, -0.2) is 22.4 Å². The zero-order chi connectivity index (χ0) is 15.4. The summed E-state index contributed by atoms with van der Waals surface area (Å²) >= 11 is 0. The molecule has 0 spiro atoms. The third-order valence-corrected chi connectivity index (χ3v) is 5.08. The Morgan fingerprint density at radius 2 is 2.10 bits per heavy atom. The van der Waals surface area contributed by atoms with Crippen LogP contribution in [0.2, 0.25) is 0 Å². The molecule has 1 aromatic rings. The number of hydrogen-bond donors (Lipinski definition) is 1. The summed E-state index contributed by atoms with van der Waals surface area (Å²) in [5.74, 6) is 2.54. The molecule has 0 saturated heterocycles. The second-order valence-corrected chi connectivity index (χ2v) is 7.39. The van der Waals surface area contributed by atoms with Gasteiger partial charge in [0.25, 0.3) is 0 Å². The standard InChI is InChI=1S/C18H33N3/c1-13(2)17-8-7-14(3)11-18(17)19-9-6-10-21-16(5)12-15(4)20-21/h12-14,17-19H,6-11H2,1-5H3. The quantitative estimate of drug-likeness (QED) is 0.805. The topological polar surface area (TPSA) is 29.9 Å². The van der Waals surface area contributed by atoms with Gasteiger partial charge < -0.3 is 5.32 Å². The first-order valence-corrected chi connectivity index (χ1v) is 8.71. The van der Waals surface area contributed by atoms with Gasteiger partial charge in [0, 0.05) is 18.3 Å². The second kappa shape index (κ2) is 7.44. The van der Waals surface area contributed by atoms with Crippen molar-refractivity contribution in [2.45, 2.75) is 72.9 Å². The fourth-order valence-corrected chi connectivity index (χ4v) is 3.85. The number of hydrogen-bond acceptors (Lipinski definition) is 2. The van der Waals surface area contributed by atoms with Gasteiger partial charge in [0.2, 0.25) is 0 Å². The molecule has 0 aromatic carbocycles. The van der Waals surface area contributed by atoms with Crippen LogP contribution in [0.25, 0.3) is 0 Å². The van der Waals surface area contributed by atoms with Gasteiger partial charge in [-0.05, 0) is 63.5 Å². The highest BCUT2D eigenvalue weighted by Crippen LogP contribution is 2.33. The molecular weight excluding hydrogens is 258 g/mol. The molecule has 0 amide bonds. The summed E-state index contributed by atoms with van der Waals surface area (Å²) in [6.45, 7) is 13.5. The molecule has 1 fully saturated rings. The van der Waals surface area contributed by atoms with Crippen molar-refractivity contribution >= 4 is 0 Å². The monoisotopic (exact) mass is 291 g/mol. The molecule has 1 aliphatic rings. The lowest BCUT2D eigenvalue weighted by atomic mass is 9.74. The average molecular weight is 291 g/mol. The maximum atomic E-state index is 4.54. The highest BCUT2D eigenvalue weighted by atomic mass is 15.3. The first kappa shape index (κ1) is 16.5. The van der Waals surface area contributed by atoms with E-state index in [1.807, 2.05) is 0 Å². The van der Waals surface area contributed by atoms with Crippen LogP contribution >= 0.6 is 0 Å². The van der Waals surface area contributed by atoms with Gasteiger partial charge in [0.05, 0.1) is 5.69 Å². The van der Waals surface area contributed by atoms with Crippen molar-refractivity contribution in [3.05, 3.63) is 17.5 Å². The second-order valence-electron chi connectivity index (χ2n) is 7.39. The average Bonchev–Trinajstić information content (AvgIpc) is 2.73. The zero-order valence-corrected chi connectivity index (χ0v) is 14.5. The number of aryl methyl sites for hydroxylation is 3. The van der Waals surface area contributed by atoms with E-state index in [1.54, 1.807) is 0 Å². The Morgan fingerprint density at radius 3 is 2.71 bits per heavy atom. The summed E-state index contributed by atoms with van der Waals surface area (Å²) in [6, 6.07) is 2.87. The molecule has 3 nitrogen and oxygen atoms in total. The molecule has 0 radical (unpaired) electrons. The zero-order valence-electron chi connectivity index (χ0n) is 14.5. The van der Waals surface area contributed by atoms with E-state index in [4.69, 9.17) is 0 Å². The van der Waals surface area contributed by atoms with Crippen molar-refractivity contribution < 1.29 is 0 Å². The van der Waals surface area contributed by atoms with Gasteiger partial charge >= 0.3 is 0 Å². The van der Waals surface area contributed by atoms with Gasteiger partial charge in [0.15, 0.2) is 0 Å². The van der Waals surface area contributed by atoms with Crippen LogP contribution in [0.3, 0.4) is 0 Å². The molecule has 21 heavy (non-hydrogen) atoms. The Bertz CT molecular complexity index is 436. The van der Waals surface area contributed by atoms with Crippen molar-refractivity contribution in [1.29, 1.82) is 0 Å². The molecule has 1 N–H and O–H groups in total.